The third-order valence-electron chi connectivity index (χ3n) is 13.1. The SMILES string of the molecule is CCCCn1c2ccccc2c2cc(-c3cccc4c3cc(C)[c-]4[Si](C)(C)[c-]3c(C)cc4c(-c5ccc6c(c5)c5ccccc5n6CCCC)cccc43)ccc21.[Cl][Zr+2][Cl]. The molecule has 0 N–H and O–H groups in total. The zero-order valence-corrected chi connectivity index (χ0v) is 40.6. The number of benzene rings is 6. The third-order valence-corrected chi connectivity index (χ3v) is 17.0. The molecular formula is C54H52Cl2N2SiZr. The molecule has 10 aromatic rings. The van der Waals surface area contributed by atoms with Gasteiger partial charge in [-0.05, 0) is 60.4 Å². The second-order valence-corrected chi connectivity index (χ2v) is 25.1. The summed E-state index contributed by atoms with van der Waals surface area (Å²) in [5.41, 5.74) is 13.4. The van der Waals surface area contributed by atoms with Crippen LogP contribution in [0.15, 0.2) is 133 Å². The Balaban J connectivity index is 0.00000150. The predicted molar refractivity (Wildman–Crippen MR) is 264 cm³/mol. The molecule has 0 radical (unpaired) electrons. The monoisotopic (exact) mass is 916 g/mol. The number of hydrogen-bond donors (Lipinski definition) is 0. The van der Waals surface area contributed by atoms with Crippen LogP contribution in [-0.2, 0) is 33.9 Å². The molecule has 0 amide bonds. The fourth-order valence-corrected chi connectivity index (χ4v) is 14.9. The summed E-state index contributed by atoms with van der Waals surface area (Å²) in [7, 11) is 7.67. The zero-order valence-electron chi connectivity index (χ0n) is 35.6. The van der Waals surface area contributed by atoms with Gasteiger partial charge in [0, 0.05) is 64.8 Å². The molecule has 0 bridgehead atoms. The van der Waals surface area contributed by atoms with Gasteiger partial charge in [0.2, 0.25) is 0 Å². The van der Waals surface area contributed by atoms with E-state index < -0.39 is 28.9 Å². The van der Waals surface area contributed by atoms with E-state index >= 15 is 0 Å². The summed E-state index contributed by atoms with van der Waals surface area (Å²) in [6, 6.07) is 51.3. The van der Waals surface area contributed by atoms with Crippen LogP contribution in [0, 0.1) is 13.8 Å². The molecule has 0 fully saturated rings. The molecule has 6 heteroatoms. The molecule has 0 saturated carbocycles. The van der Waals surface area contributed by atoms with Crippen LogP contribution >= 0.6 is 17.0 Å². The summed E-state index contributed by atoms with van der Waals surface area (Å²) in [6.07, 6.45) is 4.75. The number of rotatable bonds is 10. The van der Waals surface area contributed by atoms with Gasteiger partial charge < -0.3 is 9.13 Å². The van der Waals surface area contributed by atoms with E-state index in [9.17, 15) is 0 Å². The first kappa shape index (κ1) is 41.2. The third kappa shape index (κ3) is 6.87. The van der Waals surface area contributed by atoms with Crippen LogP contribution in [0.1, 0.15) is 50.7 Å². The Hall–Kier alpha value is -4.18. The fourth-order valence-electron chi connectivity index (χ4n) is 10.7. The minimum atomic E-state index is -2.20. The summed E-state index contributed by atoms with van der Waals surface area (Å²) in [4.78, 5) is 0. The molecule has 0 spiro atoms. The van der Waals surface area contributed by atoms with Crippen molar-refractivity contribution in [3.63, 3.8) is 0 Å². The van der Waals surface area contributed by atoms with Crippen LogP contribution in [0.4, 0.5) is 0 Å². The first-order chi connectivity index (χ1) is 29.2. The topological polar surface area (TPSA) is 9.86 Å². The Morgan fingerprint density at radius 1 is 0.483 bits per heavy atom. The molecular weight excluding hydrogens is 867 g/mol. The summed E-state index contributed by atoms with van der Waals surface area (Å²) in [5.74, 6) is 0. The Bertz CT molecular complexity index is 2980. The maximum atomic E-state index is 4.93. The Labute approximate surface area is 374 Å². The molecule has 8 aromatic carbocycles. The molecule has 0 aliphatic rings. The van der Waals surface area contributed by atoms with Crippen LogP contribution in [0.3, 0.4) is 0 Å². The Kier molecular flexibility index (Phi) is 11.6. The van der Waals surface area contributed by atoms with Crippen LogP contribution in [0.5, 0.6) is 0 Å². The molecule has 0 unspecified atom stereocenters. The van der Waals surface area contributed by atoms with Crippen LogP contribution < -0.4 is 10.4 Å². The summed E-state index contributed by atoms with van der Waals surface area (Å²) >= 11 is -0.826. The van der Waals surface area contributed by atoms with Gasteiger partial charge in [-0.15, -0.1) is 67.3 Å². The van der Waals surface area contributed by atoms with E-state index in [1.165, 1.54) is 124 Å². The molecule has 2 nitrogen and oxygen atoms in total. The fraction of sp³-hybridized carbons (Fsp3) is 0.222. The van der Waals surface area contributed by atoms with E-state index in [2.05, 4.69) is 183 Å². The Morgan fingerprint density at radius 3 is 1.30 bits per heavy atom. The molecule has 0 saturated heterocycles. The van der Waals surface area contributed by atoms with Gasteiger partial charge >= 0.3 is 37.9 Å². The van der Waals surface area contributed by atoms with Gasteiger partial charge in [0.05, 0.1) is 0 Å². The van der Waals surface area contributed by atoms with Crippen molar-refractivity contribution in [1.29, 1.82) is 0 Å². The molecule has 300 valence electrons. The van der Waals surface area contributed by atoms with Crippen LogP contribution in [0.2, 0.25) is 13.1 Å². The van der Waals surface area contributed by atoms with E-state index in [-0.39, 0.29) is 0 Å². The molecule has 10 rings (SSSR count). The average molecular weight is 919 g/mol. The van der Waals surface area contributed by atoms with E-state index in [4.69, 9.17) is 17.0 Å². The van der Waals surface area contributed by atoms with E-state index in [1.807, 2.05) is 0 Å². The van der Waals surface area contributed by atoms with E-state index in [0.717, 1.165) is 13.1 Å². The number of nitrogens with zero attached hydrogens (tertiary/aromatic N) is 2. The van der Waals surface area contributed by atoms with E-state index in [0.29, 0.717) is 0 Å². The maximum absolute atomic E-state index is 4.93. The van der Waals surface area contributed by atoms with Gasteiger partial charge in [-0.2, -0.15) is 12.1 Å². The van der Waals surface area contributed by atoms with E-state index in [1.54, 1.807) is 10.4 Å². The van der Waals surface area contributed by atoms with Gasteiger partial charge in [-0.1, -0.05) is 125 Å². The normalized spacial score (nSPS) is 12.0. The van der Waals surface area contributed by atoms with Gasteiger partial charge in [0.25, 0.3) is 0 Å². The number of halogens is 2. The summed E-state index contributed by atoms with van der Waals surface area (Å²) in [6.45, 7) is 16.6. The van der Waals surface area contributed by atoms with Crippen molar-refractivity contribution in [2.75, 3.05) is 0 Å². The number of aromatic nitrogens is 2. The standard InChI is InChI=1S/C54H52N2Si.2ClH.Zr/c1-7-9-29-55-49-23-13-11-17-41(49)47-33-37(25-27-51(47)55)39-19-15-21-43-45(39)31-35(3)53(43)57(5,6)54-36(4)32-46-40(20-16-22-44(46)54)38-26-28-52-48(34-38)42-18-12-14-24-50(42)56(52)30-10-8-2;;;/h11-28,31-34H,7-10,29-30H2,1-6H3;2*1H;/q-2;;;+4/p-2. The number of hydrogen-bond acceptors (Lipinski definition) is 0. The molecule has 60 heavy (non-hydrogen) atoms. The van der Waals surface area contributed by atoms with Crippen molar-refractivity contribution < 1.29 is 20.8 Å². The molecule has 2 aromatic heterocycles. The second-order valence-electron chi connectivity index (χ2n) is 17.1. The number of fused-ring (bicyclic) bond motifs is 8. The first-order valence-corrected chi connectivity index (χ1v) is 30.9. The Morgan fingerprint density at radius 2 is 0.883 bits per heavy atom. The van der Waals surface area contributed by atoms with Gasteiger partial charge in [0.1, 0.15) is 0 Å². The van der Waals surface area contributed by atoms with Crippen molar-refractivity contribution in [1.82, 2.24) is 9.13 Å². The second kappa shape index (κ2) is 16.9. The molecule has 0 atom stereocenters. The van der Waals surface area contributed by atoms with Crippen LogP contribution in [-0.4, -0.2) is 17.2 Å². The number of unbranched alkanes of at least 4 members (excludes halogenated alkanes) is 2. The first-order valence-electron chi connectivity index (χ1n) is 21.6. The molecule has 2 heterocycles. The van der Waals surface area contributed by atoms with Crippen molar-refractivity contribution in [3.8, 4) is 22.3 Å². The van der Waals surface area contributed by atoms with Gasteiger partial charge in [0.15, 0.2) is 0 Å². The van der Waals surface area contributed by atoms with Gasteiger partial charge in [-0.3, -0.25) is 0 Å². The van der Waals surface area contributed by atoms with Crippen molar-refractivity contribution in [3.05, 3.63) is 145 Å². The summed E-state index contributed by atoms with van der Waals surface area (Å²) < 4.78 is 5.06. The summed E-state index contributed by atoms with van der Waals surface area (Å²) in [5, 5.41) is 14.1. The predicted octanol–water partition coefficient (Wildman–Crippen LogP) is 15.4. The quantitative estimate of drug-likeness (QED) is 0.0956. The van der Waals surface area contributed by atoms with Crippen molar-refractivity contribution in [2.45, 2.75) is 79.6 Å². The zero-order chi connectivity index (χ0) is 41.7. The number of aryl methyl sites for hydroxylation is 4. The molecule has 0 aliphatic carbocycles. The van der Waals surface area contributed by atoms with Crippen LogP contribution in [0.25, 0.3) is 87.4 Å². The minimum absolute atomic E-state index is 0.826. The van der Waals surface area contributed by atoms with Crippen molar-refractivity contribution >= 4 is 101 Å². The average Bonchev–Trinajstić information content (AvgIpc) is 3.98. The van der Waals surface area contributed by atoms with Gasteiger partial charge in [-0.25, -0.2) is 0 Å². The molecule has 0 aliphatic heterocycles. The number of para-hydroxylation sites is 2. The van der Waals surface area contributed by atoms with Crippen molar-refractivity contribution in [2.24, 2.45) is 0 Å².